The van der Waals surface area contributed by atoms with E-state index in [0.29, 0.717) is 12.4 Å². The Kier molecular flexibility index (Phi) is 3.18. The molecule has 0 bridgehead atoms. The molecule has 6 nitrogen and oxygen atoms in total. The van der Waals surface area contributed by atoms with E-state index in [1.807, 2.05) is 24.3 Å². The summed E-state index contributed by atoms with van der Waals surface area (Å²) in [5.74, 6) is 1.80. The summed E-state index contributed by atoms with van der Waals surface area (Å²) in [6, 6.07) is 7.29. The van der Waals surface area contributed by atoms with Gasteiger partial charge in [0.15, 0.2) is 5.82 Å². The third-order valence-corrected chi connectivity index (χ3v) is 3.22. The number of para-hydroxylation sites is 1. The highest BCUT2D eigenvalue weighted by Gasteiger charge is 2.26. The lowest BCUT2D eigenvalue weighted by Crippen LogP contribution is -2.20. The van der Waals surface area contributed by atoms with Crippen LogP contribution in [0.3, 0.4) is 0 Å². The average Bonchev–Trinajstić information content (AvgIpc) is 2.95. The van der Waals surface area contributed by atoms with Crippen molar-refractivity contribution in [1.29, 1.82) is 0 Å². The van der Waals surface area contributed by atoms with Gasteiger partial charge in [0.2, 0.25) is 5.89 Å². The highest BCUT2D eigenvalue weighted by Crippen LogP contribution is 2.31. The van der Waals surface area contributed by atoms with E-state index < -0.39 is 6.04 Å². The number of hydrogen-bond donors (Lipinski definition) is 2. The monoisotopic (exact) mass is 261 g/mol. The van der Waals surface area contributed by atoms with Crippen molar-refractivity contribution in [3.8, 4) is 5.75 Å². The third kappa shape index (κ3) is 2.32. The van der Waals surface area contributed by atoms with Crippen LogP contribution in [0.2, 0.25) is 0 Å². The van der Waals surface area contributed by atoms with Crippen LogP contribution in [0.1, 0.15) is 29.2 Å². The maximum Gasteiger partial charge on any atom is 0.245 e. The van der Waals surface area contributed by atoms with Crippen molar-refractivity contribution in [2.45, 2.75) is 18.4 Å². The second-order valence-corrected chi connectivity index (χ2v) is 4.60. The molecule has 19 heavy (non-hydrogen) atoms. The Labute approximate surface area is 110 Å². The van der Waals surface area contributed by atoms with Crippen molar-refractivity contribution >= 4 is 0 Å². The maximum absolute atomic E-state index is 8.96. The van der Waals surface area contributed by atoms with Crippen molar-refractivity contribution in [1.82, 2.24) is 10.1 Å². The number of fused-ring (bicyclic) bond motifs is 1. The minimum absolute atomic E-state index is 0.0540. The summed E-state index contributed by atoms with van der Waals surface area (Å²) in [7, 11) is 0. The van der Waals surface area contributed by atoms with Crippen molar-refractivity contribution < 1.29 is 14.4 Å². The fourth-order valence-corrected chi connectivity index (χ4v) is 2.14. The Bertz CT molecular complexity index is 570. The summed E-state index contributed by atoms with van der Waals surface area (Å²) >= 11 is 0. The fourth-order valence-electron chi connectivity index (χ4n) is 2.14. The fraction of sp³-hybridized carbons (Fsp3) is 0.385. The molecule has 1 aromatic heterocycles. The second-order valence-electron chi connectivity index (χ2n) is 4.60. The molecule has 1 unspecified atom stereocenters. The average molecular weight is 261 g/mol. The topological polar surface area (TPSA) is 94.4 Å². The molecule has 2 aromatic rings. The highest BCUT2D eigenvalue weighted by atomic mass is 16.5. The quantitative estimate of drug-likeness (QED) is 0.848. The molecule has 1 aliphatic heterocycles. The van der Waals surface area contributed by atoms with Crippen LogP contribution in [0.5, 0.6) is 5.75 Å². The van der Waals surface area contributed by atoms with Crippen molar-refractivity contribution in [2.75, 3.05) is 13.2 Å². The van der Waals surface area contributed by atoms with Gasteiger partial charge in [-0.15, -0.1) is 0 Å². The van der Waals surface area contributed by atoms with Gasteiger partial charge >= 0.3 is 0 Å². The Morgan fingerprint density at radius 1 is 1.42 bits per heavy atom. The van der Waals surface area contributed by atoms with E-state index in [1.165, 1.54) is 0 Å². The molecule has 0 saturated carbocycles. The molecular formula is C13H15N3O3. The van der Waals surface area contributed by atoms with E-state index in [-0.39, 0.29) is 18.4 Å². The molecule has 1 aromatic carbocycles. The summed E-state index contributed by atoms with van der Waals surface area (Å²) in [5.41, 5.74) is 6.77. The van der Waals surface area contributed by atoms with Gasteiger partial charge in [-0.1, -0.05) is 23.4 Å². The first-order valence-electron chi connectivity index (χ1n) is 6.18. The molecule has 1 aliphatic rings. The summed E-state index contributed by atoms with van der Waals surface area (Å²) in [6.07, 6.45) is 0.809. The van der Waals surface area contributed by atoms with Crippen molar-refractivity contribution in [3.05, 3.63) is 41.5 Å². The van der Waals surface area contributed by atoms with Gasteiger partial charge in [-0.2, -0.15) is 4.98 Å². The first-order valence-corrected chi connectivity index (χ1v) is 6.18. The molecule has 0 amide bonds. The van der Waals surface area contributed by atoms with E-state index in [1.54, 1.807) is 0 Å². The predicted molar refractivity (Wildman–Crippen MR) is 66.7 cm³/mol. The van der Waals surface area contributed by atoms with Crippen LogP contribution in [0.15, 0.2) is 28.8 Å². The first kappa shape index (κ1) is 12.1. The molecule has 0 saturated heterocycles. The van der Waals surface area contributed by atoms with Gasteiger partial charge in [-0.05, 0) is 18.1 Å². The van der Waals surface area contributed by atoms with Crippen LogP contribution in [-0.4, -0.2) is 28.5 Å². The molecule has 100 valence electrons. The number of rotatable bonds is 3. The lowest BCUT2D eigenvalue weighted by molar-refractivity contribution is 0.234. The molecule has 3 N–H and O–H groups in total. The van der Waals surface area contributed by atoms with Crippen LogP contribution < -0.4 is 10.5 Å². The number of aliphatic hydroxyl groups excluding tert-OH is 1. The van der Waals surface area contributed by atoms with Gasteiger partial charge in [0.25, 0.3) is 0 Å². The minimum Gasteiger partial charge on any atom is -0.493 e. The van der Waals surface area contributed by atoms with E-state index in [9.17, 15) is 0 Å². The lowest BCUT2D eigenvalue weighted by atomic mass is 9.96. The number of nitrogens with two attached hydrogens (primary N) is 1. The zero-order chi connectivity index (χ0) is 13.2. The van der Waals surface area contributed by atoms with Crippen molar-refractivity contribution in [3.63, 3.8) is 0 Å². The molecule has 3 rings (SSSR count). The molecule has 2 heterocycles. The molecular weight excluding hydrogens is 246 g/mol. The van der Waals surface area contributed by atoms with Gasteiger partial charge in [0, 0.05) is 0 Å². The van der Waals surface area contributed by atoms with E-state index >= 15 is 0 Å². The molecule has 6 heteroatoms. The van der Waals surface area contributed by atoms with Crippen LogP contribution in [0, 0.1) is 0 Å². The van der Waals surface area contributed by atoms with E-state index in [2.05, 4.69) is 10.1 Å². The Morgan fingerprint density at radius 3 is 3.11 bits per heavy atom. The second kappa shape index (κ2) is 4.99. The van der Waals surface area contributed by atoms with E-state index in [0.717, 1.165) is 17.7 Å². The zero-order valence-corrected chi connectivity index (χ0v) is 10.3. The minimum atomic E-state index is -0.627. The zero-order valence-electron chi connectivity index (χ0n) is 10.3. The normalized spacial score (nSPS) is 19.6. The standard InChI is InChI=1S/C13H15N3O3/c14-10(6-17)13-15-12(16-19-13)9-5-8-3-1-2-4-11(8)18-7-9/h1-4,9-10,17H,5-7,14H2/t9?,10-/m1/s1. The number of aliphatic hydroxyl groups is 1. The van der Waals surface area contributed by atoms with E-state index in [4.69, 9.17) is 20.1 Å². The number of ether oxygens (including phenoxy) is 1. The van der Waals surface area contributed by atoms with Gasteiger partial charge in [-0.25, -0.2) is 0 Å². The summed E-state index contributed by atoms with van der Waals surface area (Å²) in [5, 5.41) is 12.9. The largest absolute Gasteiger partial charge is 0.493 e. The number of hydrogen-bond acceptors (Lipinski definition) is 6. The molecule has 0 radical (unpaired) electrons. The molecule has 0 spiro atoms. The third-order valence-electron chi connectivity index (χ3n) is 3.22. The van der Waals surface area contributed by atoms with Gasteiger partial charge in [0.05, 0.1) is 19.1 Å². The van der Waals surface area contributed by atoms with Crippen molar-refractivity contribution in [2.24, 2.45) is 5.73 Å². The molecule has 0 fully saturated rings. The number of benzene rings is 1. The maximum atomic E-state index is 8.96. The Hall–Kier alpha value is -1.92. The Morgan fingerprint density at radius 2 is 2.26 bits per heavy atom. The van der Waals surface area contributed by atoms with Crippen LogP contribution in [0.25, 0.3) is 0 Å². The summed E-state index contributed by atoms with van der Waals surface area (Å²) < 4.78 is 10.7. The summed E-state index contributed by atoms with van der Waals surface area (Å²) in [6.45, 7) is 0.302. The predicted octanol–water partition coefficient (Wildman–Crippen LogP) is 0.780. The van der Waals surface area contributed by atoms with Gasteiger partial charge in [-0.3, -0.25) is 0 Å². The highest BCUT2D eigenvalue weighted by molar-refractivity contribution is 5.36. The number of aromatic nitrogens is 2. The smallest absolute Gasteiger partial charge is 0.245 e. The van der Waals surface area contributed by atoms with Gasteiger partial charge in [0.1, 0.15) is 11.8 Å². The Balaban J connectivity index is 1.79. The lowest BCUT2D eigenvalue weighted by Gasteiger charge is -2.22. The van der Waals surface area contributed by atoms with Gasteiger partial charge < -0.3 is 20.1 Å². The number of nitrogens with zero attached hydrogens (tertiary/aromatic N) is 2. The first-order chi connectivity index (χ1) is 9.28. The van der Waals surface area contributed by atoms with Crippen LogP contribution in [-0.2, 0) is 6.42 Å². The SMILES string of the molecule is N[C@H](CO)c1nc(C2COc3ccccc3C2)no1. The van der Waals surface area contributed by atoms with Crippen LogP contribution >= 0.6 is 0 Å². The summed E-state index contributed by atoms with van der Waals surface area (Å²) in [4.78, 5) is 4.23. The molecule has 2 atom stereocenters. The molecule has 0 aliphatic carbocycles. The van der Waals surface area contributed by atoms with Crippen LogP contribution in [0.4, 0.5) is 0 Å².